The monoisotopic (exact) mass is 256 g/mol. The van der Waals surface area contributed by atoms with E-state index < -0.39 is 6.61 Å². The number of benzene rings is 1. The van der Waals surface area contributed by atoms with Crippen molar-refractivity contribution >= 4 is 0 Å². The van der Waals surface area contributed by atoms with Gasteiger partial charge in [0.25, 0.3) is 0 Å². The van der Waals surface area contributed by atoms with Crippen LogP contribution >= 0.6 is 0 Å². The van der Waals surface area contributed by atoms with Crippen molar-refractivity contribution in [3.8, 4) is 5.75 Å². The molecule has 1 atom stereocenters. The second-order valence-electron chi connectivity index (χ2n) is 4.62. The van der Waals surface area contributed by atoms with Crippen LogP contribution in [0.5, 0.6) is 5.75 Å². The minimum atomic E-state index is -2.78. The van der Waals surface area contributed by atoms with E-state index in [-0.39, 0.29) is 11.8 Å². The lowest BCUT2D eigenvalue weighted by atomic mass is 10.1. The molecular weight excluding hydrogens is 238 g/mol. The van der Waals surface area contributed by atoms with Crippen LogP contribution in [0.25, 0.3) is 0 Å². The van der Waals surface area contributed by atoms with E-state index >= 15 is 0 Å². The van der Waals surface area contributed by atoms with Crippen molar-refractivity contribution in [2.75, 3.05) is 13.1 Å². The third-order valence-electron chi connectivity index (χ3n) is 3.12. The van der Waals surface area contributed by atoms with Gasteiger partial charge in [0.15, 0.2) is 0 Å². The van der Waals surface area contributed by atoms with Gasteiger partial charge in [0.1, 0.15) is 5.75 Å². The topological polar surface area (TPSA) is 38.5 Å². The van der Waals surface area contributed by atoms with Gasteiger partial charge in [-0.1, -0.05) is 18.2 Å². The van der Waals surface area contributed by atoms with Crippen LogP contribution in [0.2, 0.25) is 0 Å². The van der Waals surface area contributed by atoms with Crippen LogP contribution in [0.1, 0.15) is 18.4 Å². The summed E-state index contributed by atoms with van der Waals surface area (Å²) in [6.07, 6.45) is 2.09. The normalized spacial score (nSPS) is 21.2. The summed E-state index contributed by atoms with van der Waals surface area (Å²) in [5.41, 5.74) is 6.69. The van der Waals surface area contributed by atoms with Crippen LogP contribution in [-0.2, 0) is 6.54 Å². The van der Waals surface area contributed by atoms with Crippen molar-refractivity contribution in [2.24, 2.45) is 5.73 Å². The molecule has 1 heterocycles. The highest BCUT2D eigenvalue weighted by molar-refractivity contribution is 5.33. The number of ether oxygens (including phenoxy) is 1. The number of para-hydroxylation sites is 1. The molecule has 0 aliphatic carbocycles. The summed E-state index contributed by atoms with van der Waals surface area (Å²) in [6.45, 7) is -0.411. The number of hydrogen-bond donors (Lipinski definition) is 1. The van der Waals surface area contributed by atoms with Crippen LogP contribution in [0.3, 0.4) is 0 Å². The van der Waals surface area contributed by atoms with Crippen molar-refractivity contribution in [1.82, 2.24) is 4.90 Å². The molecule has 2 rings (SSSR count). The predicted molar refractivity (Wildman–Crippen MR) is 65.6 cm³/mol. The van der Waals surface area contributed by atoms with Crippen LogP contribution in [0, 0.1) is 0 Å². The number of alkyl halides is 2. The van der Waals surface area contributed by atoms with Crippen molar-refractivity contribution in [1.29, 1.82) is 0 Å². The molecule has 0 bridgehead atoms. The first kappa shape index (κ1) is 13.2. The molecule has 0 saturated carbocycles. The van der Waals surface area contributed by atoms with Gasteiger partial charge in [0.2, 0.25) is 0 Å². The molecule has 1 fully saturated rings. The van der Waals surface area contributed by atoms with E-state index in [9.17, 15) is 8.78 Å². The third kappa shape index (κ3) is 3.65. The Labute approximate surface area is 106 Å². The van der Waals surface area contributed by atoms with Crippen molar-refractivity contribution in [2.45, 2.75) is 32.0 Å². The highest BCUT2D eigenvalue weighted by atomic mass is 19.3. The summed E-state index contributed by atoms with van der Waals surface area (Å²) in [5, 5.41) is 0. The molecule has 2 N–H and O–H groups in total. The maximum Gasteiger partial charge on any atom is 0.387 e. The van der Waals surface area contributed by atoms with Crippen molar-refractivity contribution in [3.05, 3.63) is 29.8 Å². The standard InChI is InChI=1S/C13H18F2N2O/c14-13(15)18-12-6-2-1-4-10(12)8-17-7-3-5-11(16)9-17/h1-2,4,6,11,13H,3,5,7-9,16H2. The van der Waals surface area contributed by atoms with Crippen molar-refractivity contribution < 1.29 is 13.5 Å². The number of nitrogens with zero attached hydrogens (tertiary/aromatic N) is 1. The van der Waals surface area contributed by atoms with Gasteiger partial charge in [-0.05, 0) is 25.5 Å². The number of rotatable bonds is 4. The molecule has 1 aromatic carbocycles. The Hall–Kier alpha value is -1.20. The smallest absolute Gasteiger partial charge is 0.387 e. The first-order chi connectivity index (χ1) is 8.65. The Kier molecular flexibility index (Phi) is 4.49. The van der Waals surface area contributed by atoms with Gasteiger partial charge in [-0.2, -0.15) is 8.78 Å². The predicted octanol–water partition coefficient (Wildman–Crippen LogP) is 2.21. The second kappa shape index (κ2) is 6.11. The quantitative estimate of drug-likeness (QED) is 0.897. The first-order valence-electron chi connectivity index (χ1n) is 6.16. The van der Waals surface area contributed by atoms with E-state index in [0.717, 1.165) is 31.5 Å². The molecule has 0 spiro atoms. The molecule has 1 aromatic rings. The van der Waals surface area contributed by atoms with Crippen LogP contribution < -0.4 is 10.5 Å². The van der Waals surface area contributed by atoms with E-state index in [1.807, 2.05) is 12.1 Å². The highest BCUT2D eigenvalue weighted by Crippen LogP contribution is 2.23. The van der Waals surface area contributed by atoms with E-state index in [0.29, 0.717) is 6.54 Å². The van der Waals surface area contributed by atoms with E-state index in [1.165, 1.54) is 0 Å². The minimum Gasteiger partial charge on any atom is -0.434 e. The lowest BCUT2D eigenvalue weighted by molar-refractivity contribution is -0.0508. The molecule has 3 nitrogen and oxygen atoms in total. The molecule has 18 heavy (non-hydrogen) atoms. The summed E-state index contributed by atoms with van der Waals surface area (Å²) < 4.78 is 29.1. The summed E-state index contributed by atoms with van der Waals surface area (Å²) in [7, 11) is 0. The molecule has 0 amide bonds. The number of halogens is 2. The first-order valence-corrected chi connectivity index (χ1v) is 6.16. The van der Waals surface area contributed by atoms with E-state index in [2.05, 4.69) is 9.64 Å². The van der Waals surface area contributed by atoms with Gasteiger partial charge in [-0.15, -0.1) is 0 Å². The van der Waals surface area contributed by atoms with Crippen LogP contribution in [0.4, 0.5) is 8.78 Å². The average Bonchev–Trinajstić information content (AvgIpc) is 2.31. The number of hydrogen-bond acceptors (Lipinski definition) is 3. The Morgan fingerprint density at radius 3 is 2.89 bits per heavy atom. The lowest BCUT2D eigenvalue weighted by Gasteiger charge is -2.31. The van der Waals surface area contributed by atoms with Gasteiger partial charge < -0.3 is 10.5 Å². The zero-order valence-electron chi connectivity index (χ0n) is 10.2. The maximum atomic E-state index is 12.3. The Bertz CT molecular complexity index is 387. The summed E-state index contributed by atoms with van der Waals surface area (Å²) >= 11 is 0. The lowest BCUT2D eigenvalue weighted by Crippen LogP contribution is -2.42. The van der Waals surface area contributed by atoms with E-state index in [1.54, 1.807) is 12.1 Å². The fourth-order valence-electron chi connectivity index (χ4n) is 2.32. The second-order valence-corrected chi connectivity index (χ2v) is 4.62. The van der Waals surface area contributed by atoms with Gasteiger partial charge in [0, 0.05) is 24.7 Å². The summed E-state index contributed by atoms with van der Waals surface area (Å²) in [6, 6.07) is 7.10. The molecule has 0 aromatic heterocycles. The molecule has 1 aliphatic rings. The molecule has 100 valence electrons. The van der Waals surface area contributed by atoms with Gasteiger partial charge in [-0.3, -0.25) is 4.90 Å². The number of likely N-dealkylation sites (tertiary alicyclic amines) is 1. The zero-order chi connectivity index (χ0) is 13.0. The van der Waals surface area contributed by atoms with Crippen molar-refractivity contribution in [3.63, 3.8) is 0 Å². The van der Waals surface area contributed by atoms with Gasteiger partial charge in [0.05, 0.1) is 0 Å². The summed E-state index contributed by atoms with van der Waals surface area (Å²) in [4.78, 5) is 2.18. The fraction of sp³-hybridized carbons (Fsp3) is 0.538. The molecule has 5 heteroatoms. The fourth-order valence-corrected chi connectivity index (χ4v) is 2.32. The zero-order valence-corrected chi connectivity index (χ0v) is 10.2. The Balaban J connectivity index is 2.03. The Morgan fingerprint density at radius 2 is 2.17 bits per heavy atom. The average molecular weight is 256 g/mol. The van der Waals surface area contributed by atoms with Crippen LogP contribution in [0.15, 0.2) is 24.3 Å². The largest absolute Gasteiger partial charge is 0.434 e. The maximum absolute atomic E-state index is 12.3. The van der Waals surface area contributed by atoms with Gasteiger partial charge in [-0.25, -0.2) is 0 Å². The molecule has 1 unspecified atom stereocenters. The molecule has 1 aliphatic heterocycles. The molecule has 0 radical (unpaired) electrons. The van der Waals surface area contributed by atoms with Crippen LogP contribution in [-0.4, -0.2) is 30.6 Å². The van der Waals surface area contributed by atoms with Gasteiger partial charge >= 0.3 is 6.61 Å². The summed E-state index contributed by atoms with van der Waals surface area (Å²) in [5.74, 6) is 0.256. The SMILES string of the molecule is NC1CCCN(Cc2ccccc2OC(F)F)C1. The molecular formula is C13H18F2N2O. The van der Waals surface area contributed by atoms with E-state index in [4.69, 9.17) is 5.73 Å². The highest BCUT2D eigenvalue weighted by Gasteiger charge is 2.18. The molecule has 1 saturated heterocycles. The number of nitrogens with two attached hydrogens (primary N) is 1. The number of piperidine rings is 1. The minimum absolute atomic E-state index is 0.182. The Morgan fingerprint density at radius 1 is 1.39 bits per heavy atom. The third-order valence-corrected chi connectivity index (χ3v) is 3.12.